The van der Waals surface area contributed by atoms with Gasteiger partial charge in [0.2, 0.25) is 0 Å². The van der Waals surface area contributed by atoms with Crippen molar-refractivity contribution >= 4 is 11.8 Å². The molecule has 132 valence electrons. The molecular formula is C19H18N4O3. The van der Waals surface area contributed by atoms with Gasteiger partial charge in [-0.2, -0.15) is 5.10 Å². The predicted octanol–water partition coefficient (Wildman–Crippen LogP) is 2.55. The van der Waals surface area contributed by atoms with Crippen molar-refractivity contribution in [2.24, 2.45) is 0 Å². The fraction of sp³-hybridized carbons (Fsp3) is 0.105. The fourth-order valence-electron chi connectivity index (χ4n) is 2.32. The van der Waals surface area contributed by atoms with E-state index >= 15 is 0 Å². The monoisotopic (exact) mass is 350 g/mol. The first-order chi connectivity index (χ1) is 12.7. The standard InChI is InChI=1S/C19H18N4O3/c1-2-26-15-10-8-14(9-11-15)18(24)22-23-19(25)17-12-16(20-21-17)13-6-4-3-5-7-13/h3-12H,2H2,1H3,(H,20,21)(H,22,24)(H,23,25). The number of carbonyl (C=O) groups excluding carboxylic acids is 2. The summed E-state index contributed by atoms with van der Waals surface area (Å²) < 4.78 is 5.32. The number of hydrazine groups is 1. The average Bonchev–Trinajstić information content (AvgIpc) is 3.18. The second kappa shape index (κ2) is 7.98. The van der Waals surface area contributed by atoms with Gasteiger partial charge < -0.3 is 4.74 Å². The molecule has 0 unspecified atom stereocenters. The van der Waals surface area contributed by atoms with E-state index in [0.29, 0.717) is 23.6 Å². The minimum absolute atomic E-state index is 0.246. The van der Waals surface area contributed by atoms with Crippen molar-refractivity contribution in [3.05, 3.63) is 71.9 Å². The molecule has 0 bridgehead atoms. The molecule has 0 aliphatic heterocycles. The van der Waals surface area contributed by atoms with Crippen molar-refractivity contribution in [2.45, 2.75) is 6.92 Å². The Morgan fingerprint density at radius 2 is 1.69 bits per heavy atom. The molecule has 1 heterocycles. The number of nitrogens with zero attached hydrogens (tertiary/aromatic N) is 1. The molecule has 0 fully saturated rings. The van der Waals surface area contributed by atoms with E-state index in [9.17, 15) is 9.59 Å². The van der Waals surface area contributed by atoms with Crippen LogP contribution in [0.1, 0.15) is 27.8 Å². The number of benzene rings is 2. The first-order valence-electron chi connectivity index (χ1n) is 8.11. The second-order valence-electron chi connectivity index (χ2n) is 5.40. The normalized spacial score (nSPS) is 10.2. The minimum atomic E-state index is -0.487. The maximum Gasteiger partial charge on any atom is 0.287 e. The Kier molecular flexibility index (Phi) is 5.28. The van der Waals surface area contributed by atoms with Crippen molar-refractivity contribution in [1.82, 2.24) is 21.0 Å². The smallest absolute Gasteiger partial charge is 0.287 e. The minimum Gasteiger partial charge on any atom is -0.494 e. The van der Waals surface area contributed by atoms with Gasteiger partial charge >= 0.3 is 0 Å². The highest BCUT2D eigenvalue weighted by Gasteiger charge is 2.12. The third kappa shape index (κ3) is 4.07. The lowest BCUT2D eigenvalue weighted by Gasteiger charge is -2.07. The fourth-order valence-corrected chi connectivity index (χ4v) is 2.32. The number of hydrogen-bond donors (Lipinski definition) is 3. The van der Waals surface area contributed by atoms with E-state index in [0.717, 1.165) is 5.56 Å². The van der Waals surface area contributed by atoms with Crippen molar-refractivity contribution in [2.75, 3.05) is 6.61 Å². The molecule has 0 spiro atoms. The van der Waals surface area contributed by atoms with Crippen molar-refractivity contribution in [1.29, 1.82) is 0 Å². The predicted molar refractivity (Wildman–Crippen MR) is 96.6 cm³/mol. The van der Waals surface area contributed by atoms with Gasteiger partial charge in [-0.3, -0.25) is 25.5 Å². The van der Waals surface area contributed by atoms with Crippen LogP contribution < -0.4 is 15.6 Å². The molecule has 7 nitrogen and oxygen atoms in total. The van der Waals surface area contributed by atoms with Crippen LogP contribution in [0.2, 0.25) is 0 Å². The van der Waals surface area contributed by atoms with Crippen molar-refractivity contribution < 1.29 is 14.3 Å². The highest BCUT2D eigenvalue weighted by Crippen LogP contribution is 2.16. The molecule has 0 radical (unpaired) electrons. The Morgan fingerprint density at radius 1 is 1.00 bits per heavy atom. The summed E-state index contributed by atoms with van der Waals surface area (Å²) in [6.07, 6.45) is 0. The Hall–Kier alpha value is -3.61. The molecule has 3 aromatic rings. The topological polar surface area (TPSA) is 96.1 Å². The molecule has 2 amide bonds. The molecule has 0 saturated carbocycles. The first kappa shape index (κ1) is 17.2. The van der Waals surface area contributed by atoms with Crippen molar-refractivity contribution in [3.8, 4) is 17.0 Å². The highest BCUT2D eigenvalue weighted by atomic mass is 16.5. The number of hydrogen-bond acceptors (Lipinski definition) is 4. The summed E-state index contributed by atoms with van der Waals surface area (Å²) in [5.74, 6) is -0.234. The van der Waals surface area contributed by atoms with E-state index in [-0.39, 0.29) is 5.69 Å². The van der Waals surface area contributed by atoms with Gasteiger partial charge in [-0.1, -0.05) is 30.3 Å². The number of nitrogens with one attached hydrogen (secondary N) is 3. The Bertz CT molecular complexity index is 889. The van der Waals surface area contributed by atoms with E-state index in [4.69, 9.17) is 4.74 Å². The van der Waals surface area contributed by atoms with Gasteiger partial charge in [-0.25, -0.2) is 0 Å². The number of amides is 2. The Morgan fingerprint density at radius 3 is 2.38 bits per heavy atom. The van der Waals surface area contributed by atoms with Gasteiger partial charge in [-0.05, 0) is 37.3 Å². The molecular weight excluding hydrogens is 332 g/mol. The number of ether oxygens (including phenoxy) is 1. The molecule has 3 rings (SSSR count). The average molecular weight is 350 g/mol. The van der Waals surface area contributed by atoms with Crippen LogP contribution in [0.15, 0.2) is 60.7 Å². The Balaban J connectivity index is 1.58. The van der Waals surface area contributed by atoms with Crippen LogP contribution in [-0.4, -0.2) is 28.6 Å². The Labute approximate surface area is 150 Å². The zero-order chi connectivity index (χ0) is 18.4. The third-order valence-electron chi connectivity index (χ3n) is 3.61. The molecule has 0 aliphatic carbocycles. The zero-order valence-corrected chi connectivity index (χ0v) is 14.2. The number of H-pyrrole nitrogens is 1. The lowest BCUT2D eigenvalue weighted by Crippen LogP contribution is -2.41. The van der Waals surface area contributed by atoms with Gasteiger partial charge in [0.1, 0.15) is 11.4 Å². The van der Waals surface area contributed by atoms with E-state index < -0.39 is 11.8 Å². The van der Waals surface area contributed by atoms with Crippen LogP contribution in [0, 0.1) is 0 Å². The van der Waals surface area contributed by atoms with Crippen LogP contribution in [0.5, 0.6) is 5.75 Å². The quantitative estimate of drug-likeness (QED) is 0.616. The summed E-state index contributed by atoms with van der Waals surface area (Å²) >= 11 is 0. The van der Waals surface area contributed by atoms with Gasteiger partial charge in [0.15, 0.2) is 0 Å². The van der Waals surface area contributed by atoms with E-state index in [2.05, 4.69) is 21.0 Å². The highest BCUT2D eigenvalue weighted by molar-refractivity contribution is 5.98. The van der Waals surface area contributed by atoms with Crippen LogP contribution in [0.25, 0.3) is 11.3 Å². The van der Waals surface area contributed by atoms with Crippen LogP contribution in [0.3, 0.4) is 0 Å². The number of carbonyl (C=O) groups is 2. The maximum absolute atomic E-state index is 12.1. The molecule has 1 aromatic heterocycles. The van der Waals surface area contributed by atoms with Gasteiger partial charge in [-0.15, -0.1) is 0 Å². The molecule has 7 heteroatoms. The molecule has 3 N–H and O–H groups in total. The number of rotatable bonds is 5. The SMILES string of the molecule is CCOc1ccc(C(=O)NNC(=O)c2cc(-c3ccccc3)n[nH]2)cc1. The summed E-state index contributed by atoms with van der Waals surface area (Å²) in [6.45, 7) is 2.44. The molecule has 0 atom stereocenters. The van der Waals surface area contributed by atoms with E-state index in [1.165, 1.54) is 0 Å². The van der Waals surface area contributed by atoms with E-state index in [1.807, 2.05) is 37.3 Å². The molecule has 0 saturated heterocycles. The van der Waals surface area contributed by atoms with Crippen LogP contribution >= 0.6 is 0 Å². The summed E-state index contributed by atoms with van der Waals surface area (Å²) in [6, 6.07) is 17.7. The lowest BCUT2D eigenvalue weighted by atomic mass is 10.1. The van der Waals surface area contributed by atoms with Crippen molar-refractivity contribution in [3.63, 3.8) is 0 Å². The summed E-state index contributed by atoms with van der Waals surface area (Å²) in [7, 11) is 0. The summed E-state index contributed by atoms with van der Waals surface area (Å²) in [4.78, 5) is 24.2. The lowest BCUT2D eigenvalue weighted by molar-refractivity contribution is 0.0844. The first-order valence-corrected chi connectivity index (χ1v) is 8.11. The van der Waals surface area contributed by atoms with Crippen LogP contribution in [0.4, 0.5) is 0 Å². The number of aromatic nitrogens is 2. The summed E-state index contributed by atoms with van der Waals surface area (Å²) in [5.41, 5.74) is 6.92. The second-order valence-corrected chi connectivity index (χ2v) is 5.40. The third-order valence-corrected chi connectivity index (χ3v) is 3.61. The van der Waals surface area contributed by atoms with Gasteiger partial charge in [0, 0.05) is 11.1 Å². The summed E-state index contributed by atoms with van der Waals surface area (Å²) in [5, 5.41) is 6.77. The largest absolute Gasteiger partial charge is 0.494 e. The molecule has 2 aromatic carbocycles. The van der Waals surface area contributed by atoms with Gasteiger partial charge in [0.25, 0.3) is 11.8 Å². The maximum atomic E-state index is 12.1. The van der Waals surface area contributed by atoms with E-state index in [1.54, 1.807) is 30.3 Å². The number of aromatic amines is 1. The van der Waals surface area contributed by atoms with Crippen LogP contribution in [-0.2, 0) is 0 Å². The van der Waals surface area contributed by atoms with Gasteiger partial charge in [0.05, 0.1) is 12.3 Å². The molecule has 26 heavy (non-hydrogen) atoms. The zero-order valence-electron chi connectivity index (χ0n) is 14.2. The molecule has 0 aliphatic rings.